The van der Waals surface area contributed by atoms with Crippen molar-refractivity contribution in [2.24, 2.45) is 0 Å². The molecule has 1 amide bonds. The minimum atomic E-state index is -0.00934. The Morgan fingerprint density at radius 1 is 1.12 bits per heavy atom. The molecule has 4 heterocycles. The Balaban J connectivity index is 1.49. The summed E-state index contributed by atoms with van der Waals surface area (Å²) in [5.74, 6) is 0.880. The molecule has 0 aromatic carbocycles. The van der Waals surface area contributed by atoms with Gasteiger partial charge in [0.2, 0.25) is 0 Å². The van der Waals surface area contributed by atoms with Gasteiger partial charge in [-0.2, -0.15) is 0 Å². The number of pyridine rings is 2. The van der Waals surface area contributed by atoms with Crippen molar-refractivity contribution in [1.29, 1.82) is 0 Å². The Labute approximate surface area is 150 Å². The molecule has 0 spiro atoms. The van der Waals surface area contributed by atoms with Crippen LogP contribution in [-0.2, 0) is 0 Å². The number of carbonyl (C=O) groups is 1. The van der Waals surface area contributed by atoms with Crippen LogP contribution in [0.3, 0.4) is 0 Å². The van der Waals surface area contributed by atoms with Gasteiger partial charge in [0.1, 0.15) is 17.2 Å². The van der Waals surface area contributed by atoms with E-state index in [4.69, 9.17) is 11.6 Å². The SMILES string of the molecule is Cc1c(C(=O)N2CCN(c3ccc(Cl)cn3)CC2)nc2ccccn12. The molecule has 0 radical (unpaired) electrons. The largest absolute Gasteiger partial charge is 0.353 e. The zero-order valence-corrected chi connectivity index (χ0v) is 14.6. The van der Waals surface area contributed by atoms with Crippen LogP contribution in [-0.4, -0.2) is 51.4 Å². The van der Waals surface area contributed by atoms with Crippen LogP contribution in [0.1, 0.15) is 16.2 Å². The maximum Gasteiger partial charge on any atom is 0.274 e. The zero-order chi connectivity index (χ0) is 17.4. The Bertz CT molecular complexity index is 913. The number of amides is 1. The number of fused-ring (bicyclic) bond motifs is 1. The molecule has 3 aromatic rings. The van der Waals surface area contributed by atoms with Gasteiger partial charge in [-0.25, -0.2) is 9.97 Å². The first-order valence-corrected chi connectivity index (χ1v) is 8.61. The lowest BCUT2D eigenvalue weighted by Gasteiger charge is -2.35. The highest BCUT2D eigenvalue weighted by Gasteiger charge is 2.26. The van der Waals surface area contributed by atoms with Crippen LogP contribution in [0.4, 0.5) is 5.82 Å². The van der Waals surface area contributed by atoms with Crippen LogP contribution in [0.5, 0.6) is 0 Å². The summed E-state index contributed by atoms with van der Waals surface area (Å²) in [5.41, 5.74) is 2.21. The van der Waals surface area contributed by atoms with Gasteiger partial charge in [-0.1, -0.05) is 17.7 Å². The fourth-order valence-electron chi connectivity index (χ4n) is 3.16. The summed E-state index contributed by atoms with van der Waals surface area (Å²) >= 11 is 5.89. The summed E-state index contributed by atoms with van der Waals surface area (Å²) in [4.78, 5) is 25.8. The summed E-state index contributed by atoms with van der Waals surface area (Å²) in [7, 11) is 0. The Kier molecular flexibility index (Phi) is 4.05. The number of halogens is 1. The normalized spacial score (nSPS) is 15.0. The van der Waals surface area contributed by atoms with Crippen LogP contribution >= 0.6 is 11.6 Å². The van der Waals surface area contributed by atoms with E-state index in [9.17, 15) is 4.79 Å². The molecule has 1 saturated heterocycles. The second kappa shape index (κ2) is 6.37. The minimum Gasteiger partial charge on any atom is -0.353 e. The van der Waals surface area contributed by atoms with Crippen molar-refractivity contribution >= 4 is 29.0 Å². The first kappa shape index (κ1) is 15.9. The van der Waals surface area contributed by atoms with Crippen LogP contribution in [0.25, 0.3) is 5.65 Å². The van der Waals surface area contributed by atoms with Gasteiger partial charge in [-0.3, -0.25) is 4.79 Å². The number of hydrogen-bond donors (Lipinski definition) is 0. The van der Waals surface area contributed by atoms with Crippen molar-refractivity contribution in [3.05, 3.63) is 59.1 Å². The molecule has 128 valence electrons. The van der Waals surface area contributed by atoms with Gasteiger partial charge < -0.3 is 14.2 Å². The van der Waals surface area contributed by atoms with Crippen molar-refractivity contribution < 1.29 is 4.79 Å². The molecule has 0 aliphatic carbocycles. The maximum absolute atomic E-state index is 12.9. The third kappa shape index (κ3) is 2.93. The minimum absolute atomic E-state index is 0.00934. The number of imidazole rings is 1. The molecule has 3 aromatic heterocycles. The summed E-state index contributed by atoms with van der Waals surface area (Å²) in [5, 5.41) is 0.625. The predicted molar refractivity (Wildman–Crippen MR) is 97.3 cm³/mol. The summed E-state index contributed by atoms with van der Waals surface area (Å²) in [6, 6.07) is 9.52. The molecule has 1 aliphatic rings. The molecule has 0 N–H and O–H groups in total. The van der Waals surface area contributed by atoms with E-state index in [2.05, 4.69) is 14.9 Å². The first-order valence-electron chi connectivity index (χ1n) is 8.23. The van der Waals surface area contributed by atoms with Crippen molar-refractivity contribution in [3.63, 3.8) is 0 Å². The standard InChI is InChI=1S/C18H18ClN5O/c1-13-17(21-16-4-2-3-7-24(13)16)18(25)23-10-8-22(9-11-23)15-6-5-14(19)12-20-15/h2-7,12H,8-11H2,1H3. The van der Waals surface area contributed by atoms with E-state index < -0.39 is 0 Å². The van der Waals surface area contributed by atoms with E-state index in [1.807, 2.05) is 52.8 Å². The smallest absolute Gasteiger partial charge is 0.274 e. The lowest BCUT2D eigenvalue weighted by molar-refractivity contribution is 0.0740. The molecule has 1 aliphatic heterocycles. The molecule has 0 saturated carbocycles. The quantitative estimate of drug-likeness (QED) is 0.709. The molecule has 1 fully saturated rings. The first-order chi connectivity index (χ1) is 12.1. The number of carbonyl (C=O) groups excluding carboxylic acids is 1. The number of anilines is 1. The van der Waals surface area contributed by atoms with Gasteiger partial charge in [0.15, 0.2) is 0 Å². The van der Waals surface area contributed by atoms with E-state index in [0.717, 1.165) is 30.2 Å². The molecular weight excluding hydrogens is 338 g/mol. The molecular formula is C18H18ClN5O. The van der Waals surface area contributed by atoms with Crippen molar-refractivity contribution in [1.82, 2.24) is 19.3 Å². The van der Waals surface area contributed by atoms with Crippen molar-refractivity contribution in [2.45, 2.75) is 6.92 Å². The van der Waals surface area contributed by atoms with Gasteiger partial charge in [0.25, 0.3) is 5.91 Å². The predicted octanol–water partition coefficient (Wildman–Crippen LogP) is 2.65. The number of piperazine rings is 1. The molecule has 4 rings (SSSR count). The van der Waals surface area contributed by atoms with E-state index in [0.29, 0.717) is 23.8 Å². The Hall–Kier alpha value is -2.60. The van der Waals surface area contributed by atoms with E-state index in [-0.39, 0.29) is 5.91 Å². The topological polar surface area (TPSA) is 53.7 Å². The Morgan fingerprint density at radius 3 is 2.60 bits per heavy atom. The van der Waals surface area contributed by atoms with E-state index in [1.54, 1.807) is 6.20 Å². The third-order valence-corrected chi connectivity index (χ3v) is 4.80. The molecule has 0 unspecified atom stereocenters. The van der Waals surface area contributed by atoms with Crippen LogP contribution in [0.15, 0.2) is 42.7 Å². The van der Waals surface area contributed by atoms with Gasteiger partial charge in [0.05, 0.1) is 10.7 Å². The van der Waals surface area contributed by atoms with E-state index in [1.165, 1.54) is 0 Å². The zero-order valence-electron chi connectivity index (χ0n) is 13.9. The van der Waals surface area contributed by atoms with Gasteiger partial charge in [0, 0.05) is 38.6 Å². The fraction of sp³-hybridized carbons (Fsp3) is 0.278. The molecule has 0 atom stereocenters. The van der Waals surface area contributed by atoms with Gasteiger partial charge >= 0.3 is 0 Å². The van der Waals surface area contributed by atoms with Crippen LogP contribution < -0.4 is 4.90 Å². The van der Waals surface area contributed by atoms with Crippen LogP contribution in [0.2, 0.25) is 5.02 Å². The number of aromatic nitrogens is 3. The molecule has 6 nitrogen and oxygen atoms in total. The highest BCUT2D eigenvalue weighted by Crippen LogP contribution is 2.18. The summed E-state index contributed by atoms with van der Waals surface area (Å²) in [6.45, 7) is 4.72. The van der Waals surface area contributed by atoms with Gasteiger partial charge in [-0.05, 0) is 31.2 Å². The number of aryl methyl sites for hydroxylation is 1. The lowest BCUT2D eigenvalue weighted by atomic mass is 10.2. The van der Waals surface area contributed by atoms with Crippen molar-refractivity contribution in [2.75, 3.05) is 31.1 Å². The highest BCUT2D eigenvalue weighted by molar-refractivity contribution is 6.30. The summed E-state index contributed by atoms with van der Waals surface area (Å²) < 4.78 is 1.95. The number of nitrogens with zero attached hydrogens (tertiary/aromatic N) is 5. The second-order valence-corrected chi connectivity index (χ2v) is 6.52. The third-order valence-electron chi connectivity index (χ3n) is 4.57. The lowest BCUT2D eigenvalue weighted by Crippen LogP contribution is -2.49. The number of hydrogen-bond acceptors (Lipinski definition) is 4. The molecule has 7 heteroatoms. The molecule has 0 bridgehead atoms. The number of rotatable bonds is 2. The second-order valence-electron chi connectivity index (χ2n) is 6.09. The molecule has 25 heavy (non-hydrogen) atoms. The van der Waals surface area contributed by atoms with Gasteiger partial charge in [-0.15, -0.1) is 0 Å². The average Bonchev–Trinajstić information content (AvgIpc) is 2.99. The van der Waals surface area contributed by atoms with Crippen molar-refractivity contribution in [3.8, 4) is 0 Å². The van der Waals surface area contributed by atoms with E-state index >= 15 is 0 Å². The average molecular weight is 356 g/mol. The maximum atomic E-state index is 12.9. The summed E-state index contributed by atoms with van der Waals surface area (Å²) in [6.07, 6.45) is 3.58. The fourth-order valence-corrected chi connectivity index (χ4v) is 3.28. The Morgan fingerprint density at radius 2 is 1.92 bits per heavy atom. The van der Waals surface area contributed by atoms with Crippen LogP contribution in [0, 0.1) is 6.92 Å². The highest BCUT2D eigenvalue weighted by atomic mass is 35.5. The monoisotopic (exact) mass is 355 g/mol.